The summed E-state index contributed by atoms with van der Waals surface area (Å²) in [5.74, 6) is -2.80. The Morgan fingerprint density at radius 2 is 0.770 bits per heavy atom. The summed E-state index contributed by atoms with van der Waals surface area (Å²) in [4.78, 5) is 47.3. The smallest absolute Gasteiger partial charge is 0.305 e. The molecule has 0 saturated heterocycles. The molecule has 0 aliphatic rings. The van der Waals surface area contributed by atoms with E-state index in [4.69, 9.17) is 0 Å². The number of amides is 6. The molecule has 6 N–H and O–H groups in total. The molecule has 0 unspecified atom stereocenters. The van der Waals surface area contributed by atoms with Crippen molar-refractivity contribution in [1.29, 1.82) is 0 Å². The number of urea groups is 3. The van der Waals surface area contributed by atoms with Crippen LogP contribution in [0.25, 0.3) is 33.4 Å². The predicted octanol–water partition coefficient (Wildman–Crippen LogP) is 20.9. The largest absolute Gasteiger partial charge is 0.325 e. The third-order valence-electron chi connectivity index (χ3n) is 13.7. The molecule has 0 fully saturated rings. The van der Waals surface area contributed by atoms with Crippen LogP contribution in [-0.2, 0) is 19.3 Å². The third kappa shape index (κ3) is 20.4. The molecule has 456 valence electrons. The maximum absolute atomic E-state index is 14.5. The molecule has 6 amide bonds. The SMILES string of the molecule is CCCCCCc1ccc(NC(=O)Nc2ccc(-c3ccc(C)c(F)c3)cc2F)s1.CCCCCc1cnc(NC(=O)Nc2ccc(-c3ccc(C)c(F)c3)cc2F)s1.CCCCc1ncc(NC(=O)Nc2ccc(-c3ccc(C)c(F)c3)cc2F)s1. The summed E-state index contributed by atoms with van der Waals surface area (Å²) in [6.45, 7) is 11.5. The number of anilines is 6. The van der Waals surface area contributed by atoms with Crippen molar-refractivity contribution in [1.82, 2.24) is 9.97 Å². The van der Waals surface area contributed by atoms with E-state index in [0.717, 1.165) is 72.7 Å². The quantitative estimate of drug-likeness (QED) is 0.0313. The lowest BCUT2D eigenvalue weighted by Gasteiger charge is -2.09. The highest BCUT2D eigenvalue weighted by Gasteiger charge is 2.16. The minimum Gasteiger partial charge on any atom is -0.305 e. The number of unbranched alkanes of at least 4 members (excludes halogenated alkanes) is 6. The van der Waals surface area contributed by atoms with Gasteiger partial charge in [-0.3, -0.25) is 16.0 Å². The van der Waals surface area contributed by atoms with Crippen molar-refractivity contribution in [2.75, 3.05) is 31.9 Å². The number of carbonyl (C=O) groups is 3. The monoisotopic (exact) mass is 1240 g/mol. The van der Waals surface area contributed by atoms with E-state index >= 15 is 0 Å². The van der Waals surface area contributed by atoms with Gasteiger partial charge in [-0.1, -0.05) is 114 Å². The second kappa shape index (κ2) is 33.0. The predicted molar refractivity (Wildman–Crippen MR) is 346 cm³/mol. The molecule has 0 spiro atoms. The van der Waals surface area contributed by atoms with Crippen molar-refractivity contribution in [3.63, 3.8) is 0 Å². The van der Waals surface area contributed by atoms with Crippen molar-refractivity contribution in [2.24, 2.45) is 0 Å². The van der Waals surface area contributed by atoms with Crippen LogP contribution in [0.3, 0.4) is 0 Å². The summed E-state index contributed by atoms with van der Waals surface area (Å²) in [7, 11) is 0. The minimum atomic E-state index is -0.599. The number of thiophene rings is 1. The lowest BCUT2D eigenvalue weighted by atomic mass is 10.0. The van der Waals surface area contributed by atoms with Gasteiger partial charge in [0.2, 0.25) is 0 Å². The number of nitrogens with zero attached hydrogens (tertiary/aromatic N) is 2. The van der Waals surface area contributed by atoms with E-state index in [1.807, 2.05) is 12.1 Å². The van der Waals surface area contributed by atoms with E-state index in [1.165, 1.54) is 113 Å². The molecule has 20 heteroatoms. The average molecular weight is 1250 g/mol. The van der Waals surface area contributed by atoms with Gasteiger partial charge in [-0.2, -0.15) is 0 Å². The van der Waals surface area contributed by atoms with Crippen molar-refractivity contribution in [2.45, 2.75) is 119 Å². The van der Waals surface area contributed by atoms with Gasteiger partial charge in [0.25, 0.3) is 0 Å². The Hall–Kier alpha value is -8.33. The fourth-order valence-corrected chi connectivity index (χ4v) is 11.3. The van der Waals surface area contributed by atoms with E-state index in [1.54, 1.807) is 87.8 Å². The fraction of sp³-hybridized carbons (Fsp3) is 0.269. The van der Waals surface area contributed by atoms with Crippen LogP contribution in [0.4, 0.5) is 72.9 Å². The van der Waals surface area contributed by atoms with Gasteiger partial charge in [-0.05, 0) is 176 Å². The van der Waals surface area contributed by atoms with Crippen LogP contribution in [0, 0.1) is 55.7 Å². The van der Waals surface area contributed by atoms with Gasteiger partial charge in [-0.15, -0.1) is 34.0 Å². The molecule has 11 nitrogen and oxygen atoms in total. The summed E-state index contributed by atoms with van der Waals surface area (Å²) in [5.41, 5.74) is 5.08. The summed E-state index contributed by atoms with van der Waals surface area (Å²) >= 11 is 4.36. The normalized spacial score (nSPS) is 10.8. The first-order valence-corrected chi connectivity index (χ1v) is 31.2. The van der Waals surface area contributed by atoms with E-state index in [9.17, 15) is 40.7 Å². The summed E-state index contributed by atoms with van der Waals surface area (Å²) in [6, 6.07) is 29.7. The van der Waals surface area contributed by atoms with Gasteiger partial charge in [0, 0.05) is 16.0 Å². The molecule has 9 rings (SSSR count). The van der Waals surface area contributed by atoms with Crippen molar-refractivity contribution >= 4 is 84.3 Å². The number of nitrogens with one attached hydrogen (secondary N) is 6. The molecule has 3 heterocycles. The van der Waals surface area contributed by atoms with Crippen LogP contribution in [0.5, 0.6) is 0 Å². The van der Waals surface area contributed by atoms with E-state index in [2.05, 4.69) is 62.6 Å². The lowest BCUT2D eigenvalue weighted by Crippen LogP contribution is -2.19. The zero-order valence-corrected chi connectivity index (χ0v) is 51.7. The Kier molecular flexibility index (Phi) is 25.1. The highest BCUT2D eigenvalue weighted by Crippen LogP contribution is 2.31. The fourth-order valence-electron chi connectivity index (χ4n) is 8.63. The van der Waals surface area contributed by atoms with E-state index in [0.29, 0.717) is 60.2 Å². The second-order valence-corrected chi connectivity index (χ2v) is 24.0. The maximum atomic E-state index is 14.5. The molecule has 0 bridgehead atoms. The molecule has 9 aromatic rings. The Balaban J connectivity index is 0.000000187. The minimum absolute atomic E-state index is 0.0403. The Morgan fingerprint density at radius 1 is 0.368 bits per heavy atom. The number of hydrogen-bond acceptors (Lipinski definition) is 8. The van der Waals surface area contributed by atoms with Gasteiger partial charge in [0.05, 0.1) is 33.3 Å². The van der Waals surface area contributed by atoms with Gasteiger partial charge in [-0.25, -0.2) is 50.7 Å². The van der Waals surface area contributed by atoms with Crippen LogP contribution >= 0.6 is 34.0 Å². The Labute approximate surface area is 516 Å². The first-order chi connectivity index (χ1) is 41.9. The van der Waals surface area contributed by atoms with Crippen molar-refractivity contribution in [3.05, 3.63) is 200 Å². The molecule has 0 aliphatic heterocycles. The number of thiazole rings is 2. The van der Waals surface area contributed by atoms with Crippen LogP contribution in [0.15, 0.2) is 134 Å². The average Bonchev–Trinajstić information content (AvgIpc) is 3.41. The van der Waals surface area contributed by atoms with Crippen LogP contribution in [0.2, 0.25) is 0 Å². The Bertz CT molecular complexity index is 3770. The topological polar surface area (TPSA) is 149 Å². The molecule has 6 aromatic carbocycles. The molecule has 87 heavy (non-hydrogen) atoms. The van der Waals surface area contributed by atoms with Gasteiger partial charge >= 0.3 is 18.1 Å². The van der Waals surface area contributed by atoms with Crippen molar-refractivity contribution < 1.29 is 40.7 Å². The summed E-state index contributed by atoms with van der Waals surface area (Å²) in [6.07, 6.45) is 16.5. The van der Waals surface area contributed by atoms with Crippen LogP contribution in [-0.4, -0.2) is 28.1 Å². The van der Waals surface area contributed by atoms with E-state index < -0.39 is 35.5 Å². The standard InChI is InChI=1S/C24H26F2N2OS.C22H23F2N3OS.C21H21F2N3OS/c1-3-4-5-6-7-19-11-13-23(30-19)28-24(29)27-22-12-10-18(15-21(22)26)17-9-8-16(2)20(25)14-17;1-3-4-5-6-17-13-25-22(29-17)27-21(28)26-20-10-9-16(12-19(20)24)15-8-7-14(2)18(23)11-15;1-3-4-5-19-24-12-20(28-19)26-21(27)25-18-9-8-15(11-17(18)23)14-7-6-13(2)16(22)10-14/h8-15H,3-7H2,1-2H3,(H2,27,28,29);7-13H,3-6H2,1-2H3,(H2,25,26,27,28);6-12H,3-5H2,1-2H3,(H2,25,26,27). The molecule has 0 atom stereocenters. The molecule has 3 aromatic heterocycles. The molecule has 0 saturated carbocycles. The first kappa shape index (κ1) is 66.2. The second-order valence-electron chi connectivity index (χ2n) is 20.6. The van der Waals surface area contributed by atoms with E-state index in [-0.39, 0.29) is 34.5 Å². The maximum Gasteiger partial charge on any atom is 0.325 e. The van der Waals surface area contributed by atoms with Crippen LogP contribution in [0.1, 0.15) is 110 Å². The molecule has 0 aliphatic carbocycles. The highest BCUT2D eigenvalue weighted by molar-refractivity contribution is 7.16. The molecule has 0 radical (unpaired) electrons. The number of aromatic nitrogens is 2. The highest BCUT2D eigenvalue weighted by atomic mass is 32.1. The molecular formula is C67H70F6N8O3S3. The first-order valence-electron chi connectivity index (χ1n) is 28.8. The number of aryl methyl sites for hydroxylation is 6. The summed E-state index contributed by atoms with van der Waals surface area (Å²) < 4.78 is 84.6. The zero-order chi connectivity index (χ0) is 62.4. The van der Waals surface area contributed by atoms with Gasteiger partial charge in [0.15, 0.2) is 5.13 Å². The third-order valence-corrected chi connectivity index (χ3v) is 16.7. The Morgan fingerprint density at radius 3 is 1.22 bits per heavy atom. The van der Waals surface area contributed by atoms with Crippen molar-refractivity contribution in [3.8, 4) is 33.4 Å². The number of benzene rings is 6. The van der Waals surface area contributed by atoms with Crippen LogP contribution < -0.4 is 31.9 Å². The zero-order valence-electron chi connectivity index (χ0n) is 49.3. The number of rotatable bonds is 21. The molecular weight excluding hydrogens is 1170 g/mol. The number of halogens is 6. The lowest BCUT2D eigenvalue weighted by molar-refractivity contribution is 0.261. The van der Waals surface area contributed by atoms with Gasteiger partial charge < -0.3 is 16.0 Å². The van der Waals surface area contributed by atoms with Gasteiger partial charge in [0.1, 0.15) is 39.9 Å². The number of carbonyl (C=O) groups excluding carboxylic acids is 3. The number of hydrogen-bond donors (Lipinski definition) is 6. The summed E-state index contributed by atoms with van der Waals surface area (Å²) in [5, 5.41) is 18.3.